The highest BCUT2D eigenvalue weighted by molar-refractivity contribution is 8.26. The molecular weight excluding hydrogens is 557 g/mol. The molecule has 0 unspecified atom stereocenters. The number of rotatable bonds is 8. The molecule has 1 aliphatic heterocycles. The highest BCUT2D eigenvalue weighted by atomic mass is 35.5. The fourth-order valence-corrected chi connectivity index (χ4v) is 5.76. The molecule has 1 saturated heterocycles. The van der Waals surface area contributed by atoms with Crippen LogP contribution in [0.25, 0.3) is 23.0 Å². The number of amides is 1. The molecule has 5 nitrogen and oxygen atoms in total. The number of hydrogen-bond donors (Lipinski definition) is 0. The van der Waals surface area contributed by atoms with E-state index in [1.165, 1.54) is 11.8 Å². The van der Waals surface area contributed by atoms with Gasteiger partial charge in [0.15, 0.2) is 0 Å². The van der Waals surface area contributed by atoms with Crippen LogP contribution in [0, 0.1) is 0 Å². The number of hydrogen-bond acceptors (Lipinski definition) is 5. The third kappa shape index (κ3) is 5.81. The number of carbonyl (C=O) groups is 1. The largest absolute Gasteiger partial charge is 0.489 e. The zero-order valence-electron chi connectivity index (χ0n) is 20.4. The molecule has 2 heterocycles. The van der Waals surface area contributed by atoms with Gasteiger partial charge in [0, 0.05) is 39.5 Å². The van der Waals surface area contributed by atoms with E-state index in [0.717, 1.165) is 34.5 Å². The van der Waals surface area contributed by atoms with E-state index in [4.69, 9.17) is 45.3 Å². The maximum Gasteiger partial charge on any atom is 0.266 e. The van der Waals surface area contributed by atoms with Gasteiger partial charge in [-0.1, -0.05) is 78.4 Å². The second-order valence-corrected chi connectivity index (χ2v) is 11.1. The van der Waals surface area contributed by atoms with Gasteiger partial charge in [0.2, 0.25) is 0 Å². The highest BCUT2D eigenvalue weighted by Gasteiger charge is 2.31. The van der Waals surface area contributed by atoms with Crippen LogP contribution < -0.4 is 4.74 Å². The lowest BCUT2D eigenvalue weighted by Crippen LogP contribution is -2.28. The zero-order valence-corrected chi connectivity index (χ0v) is 23.6. The SMILES string of the molecule is CCCN1C(=O)C(=Cc2cn(-c3ccccc3)nc2-c2ccc(OCc3ccc(Cl)cc3Cl)cc2)SC1=S. The van der Waals surface area contributed by atoms with Crippen molar-refractivity contribution in [3.8, 4) is 22.7 Å². The minimum atomic E-state index is -0.0649. The molecule has 1 fully saturated rings. The predicted molar refractivity (Wildman–Crippen MR) is 160 cm³/mol. The summed E-state index contributed by atoms with van der Waals surface area (Å²) in [5, 5.41) is 6.02. The Labute approximate surface area is 241 Å². The maximum atomic E-state index is 13.0. The van der Waals surface area contributed by atoms with Crippen LogP contribution in [0.1, 0.15) is 24.5 Å². The third-order valence-corrected chi connectivity index (χ3v) is 7.87. The molecule has 0 spiro atoms. The average molecular weight is 581 g/mol. The first-order valence-corrected chi connectivity index (χ1v) is 14.0. The summed E-state index contributed by atoms with van der Waals surface area (Å²) in [6.45, 7) is 2.96. The monoisotopic (exact) mass is 579 g/mol. The fraction of sp³-hybridized carbons (Fsp3) is 0.138. The van der Waals surface area contributed by atoms with Crippen molar-refractivity contribution in [3.63, 3.8) is 0 Å². The Morgan fingerprint density at radius 3 is 2.53 bits per heavy atom. The molecule has 38 heavy (non-hydrogen) atoms. The molecule has 0 atom stereocenters. The Balaban J connectivity index is 1.44. The molecule has 0 bridgehead atoms. The Hall–Kier alpha value is -3.10. The van der Waals surface area contributed by atoms with E-state index in [0.29, 0.717) is 38.2 Å². The molecular formula is C29H23Cl2N3O2S2. The highest BCUT2D eigenvalue weighted by Crippen LogP contribution is 2.35. The number of para-hydroxylation sites is 1. The van der Waals surface area contributed by atoms with Crippen molar-refractivity contribution in [2.45, 2.75) is 20.0 Å². The van der Waals surface area contributed by atoms with E-state index in [1.807, 2.05) is 84.5 Å². The Bertz CT molecular complexity index is 1520. The lowest BCUT2D eigenvalue weighted by Gasteiger charge is -2.11. The van der Waals surface area contributed by atoms with Gasteiger partial charge in [-0.3, -0.25) is 9.69 Å². The number of thioether (sulfide) groups is 1. The van der Waals surface area contributed by atoms with Crippen molar-refractivity contribution in [2.75, 3.05) is 6.54 Å². The summed E-state index contributed by atoms with van der Waals surface area (Å²) in [6, 6.07) is 22.9. The quantitative estimate of drug-likeness (QED) is 0.156. The topological polar surface area (TPSA) is 47.4 Å². The minimum Gasteiger partial charge on any atom is -0.489 e. The summed E-state index contributed by atoms with van der Waals surface area (Å²) < 4.78 is 8.35. The maximum absolute atomic E-state index is 13.0. The van der Waals surface area contributed by atoms with Crippen molar-refractivity contribution < 1.29 is 9.53 Å². The van der Waals surface area contributed by atoms with E-state index in [9.17, 15) is 4.79 Å². The molecule has 4 aromatic rings. The minimum absolute atomic E-state index is 0.0649. The van der Waals surface area contributed by atoms with Gasteiger partial charge < -0.3 is 4.74 Å². The normalized spacial score (nSPS) is 14.5. The van der Waals surface area contributed by atoms with Crippen LogP contribution in [0.15, 0.2) is 83.9 Å². The first-order valence-electron chi connectivity index (χ1n) is 12.0. The summed E-state index contributed by atoms with van der Waals surface area (Å²) in [5.41, 5.74) is 4.25. The van der Waals surface area contributed by atoms with Crippen molar-refractivity contribution in [3.05, 3.63) is 105 Å². The number of ether oxygens (including phenoxy) is 1. The molecule has 3 aromatic carbocycles. The lowest BCUT2D eigenvalue weighted by molar-refractivity contribution is -0.122. The van der Waals surface area contributed by atoms with E-state index in [2.05, 4.69) is 0 Å². The number of thiocarbonyl (C=S) groups is 1. The van der Waals surface area contributed by atoms with Crippen molar-refractivity contribution in [1.29, 1.82) is 0 Å². The molecule has 0 N–H and O–H groups in total. The van der Waals surface area contributed by atoms with Gasteiger partial charge in [0.25, 0.3) is 5.91 Å². The summed E-state index contributed by atoms with van der Waals surface area (Å²) in [5.74, 6) is 0.633. The van der Waals surface area contributed by atoms with E-state index >= 15 is 0 Å². The summed E-state index contributed by atoms with van der Waals surface area (Å²) in [6.07, 6.45) is 4.66. The molecule has 5 rings (SSSR count). The summed E-state index contributed by atoms with van der Waals surface area (Å²) in [7, 11) is 0. The van der Waals surface area contributed by atoms with E-state index < -0.39 is 0 Å². The van der Waals surface area contributed by atoms with Crippen molar-refractivity contribution in [2.24, 2.45) is 0 Å². The van der Waals surface area contributed by atoms with E-state index in [-0.39, 0.29) is 5.91 Å². The van der Waals surface area contributed by atoms with Gasteiger partial charge in [-0.05, 0) is 61.0 Å². The first-order chi connectivity index (χ1) is 18.4. The van der Waals surface area contributed by atoms with Gasteiger partial charge in [-0.25, -0.2) is 4.68 Å². The van der Waals surface area contributed by atoms with Gasteiger partial charge in [0.05, 0.1) is 16.3 Å². The van der Waals surface area contributed by atoms with Crippen molar-refractivity contribution >= 4 is 63.5 Å². The predicted octanol–water partition coefficient (Wildman–Crippen LogP) is 8.04. The fourth-order valence-electron chi connectivity index (χ4n) is 4.00. The van der Waals surface area contributed by atoms with Gasteiger partial charge in [-0.2, -0.15) is 5.10 Å². The smallest absolute Gasteiger partial charge is 0.266 e. The second kappa shape index (κ2) is 11.7. The Morgan fingerprint density at radius 2 is 1.82 bits per heavy atom. The average Bonchev–Trinajstić information content (AvgIpc) is 3.46. The van der Waals surface area contributed by atoms with Crippen LogP contribution in [-0.2, 0) is 11.4 Å². The van der Waals surface area contributed by atoms with Crippen LogP contribution in [0.4, 0.5) is 0 Å². The number of halogens is 2. The Kier molecular flexibility index (Phi) is 8.19. The molecule has 0 aliphatic carbocycles. The zero-order chi connectivity index (χ0) is 26.6. The molecule has 1 amide bonds. The number of benzene rings is 3. The molecule has 0 saturated carbocycles. The van der Waals surface area contributed by atoms with Crippen LogP contribution in [-0.4, -0.2) is 31.5 Å². The molecule has 9 heteroatoms. The summed E-state index contributed by atoms with van der Waals surface area (Å²) in [4.78, 5) is 15.3. The molecule has 192 valence electrons. The van der Waals surface area contributed by atoms with Crippen LogP contribution in [0.5, 0.6) is 5.75 Å². The van der Waals surface area contributed by atoms with Crippen molar-refractivity contribution in [1.82, 2.24) is 14.7 Å². The Morgan fingerprint density at radius 1 is 1.05 bits per heavy atom. The van der Waals surface area contributed by atoms with Crippen LogP contribution in [0.3, 0.4) is 0 Å². The molecule has 1 aliphatic rings. The number of aromatic nitrogens is 2. The standard InChI is InChI=1S/C29H23Cl2N3O2S2/c1-2-14-33-28(35)26(38-29(33)37)15-21-17-34(23-6-4-3-5-7-23)32-27(21)19-9-12-24(13-10-19)36-18-20-8-11-22(30)16-25(20)31/h3-13,15-17H,2,14,18H2,1H3. The number of carbonyl (C=O) groups excluding carboxylic acids is 1. The summed E-state index contributed by atoms with van der Waals surface area (Å²) >= 11 is 19.0. The van der Waals surface area contributed by atoms with E-state index in [1.54, 1.807) is 17.0 Å². The van der Waals surface area contributed by atoms with Gasteiger partial charge >= 0.3 is 0 Å². The van der Waals surface area contributed by atoms with Crippen LogP contribution >= 0.6 is 47.2 Å². The van der Waals surface area contributed by atoms with Gasteiger partial charge in [0.1, 0.15) is 16.7 Å². The lowest BCUT2D eigenvalue weighted by atomic mass is 10.1. The molecule has 0 radical (unpaired) electrons. The number of nitrogens with zero attached hydrogens (tertiary/aromatic N) is 3. The second-order valence-electron chi connectivity index (χ2n) is 8.60. The third-order valence-electron chi connectivity index (χ3n) is 5.91. The van der Waals surface area contributed by atoms with Gasteiger partial charge in [-0.15, -0.1) is 0 Å². The molecule has 1 aromatic heterocycles. The first kappa shape index (κ1) is 26.5. The van der Waals surface area contributed by atoms with Crippen LogP contribution in [0.2, 0.25) is 10.0 Å².